The molecule has 0 fully saturated rings. The predicted octanol–water partition coefficient (Wildman–Crippen LogP) is 1.82. The molecule has 0 spiro atoms. The molecule has 0 radical (unpaired) electrons. The predicted molar refractivity (Wildman–Crippen MR) is 80.7 cm³/mol. The zero-order chi connectivity index (χ0) is 17.3. The molecule has 2 heterocycles. The first kappa shape index (κ1) is 15.3. The van der Waals surface area contributed by atoms with E-state index in [0.29, 0.717) is 5.56 Å². The minimum atomic E-state index is -0.663. The summed E-state index contributed by atoms with van der Waals surface area (Å²) >= 11 is 0. The number of amides is 1. The quantitative estimate of drug-likeness (QED) is 0.617. The van der Waals surface area contributed by atoms with Crippen LogP contribution < -0.4 is 9.64 Å². The van der Waals surface area contributed by atoms with Crippen LogP contribution in [0.3, 0.4) is 0 Å². The van der Waals surface area contributed by atoms with E-state index in [1.54, 1.807) is 0 Å². The van der Waals surface area contributed by atoms with Gasteiger partial charge in [-0.1, -0.05) is 12.1 Å². The SMILES string of the molecule is O=C1COc2ccc([N+](=O)[O-])nc2N1Cc1ccc([N+](=O)[O-])cc1. The fraction of sp³-hybridized carbons (Fsp3) is 0.143. The van der Waals surface area contributed by atoms with Crippen molar-refractivity contribution in [2.45, 2.75) is 6.54 Å². The Balaban J connectivity index is 1.93. The third-order valence-corrected chi connectivity index (χ3v) is 3.41. The Morgan fingerprint density at radius 1 is 1.08 bits per heavy atom. The van der Waals surface area contributed by atoms with Gasteiger partial charge in [0.2, 0.25) is 0 Å². The van der Waals surface area contributed by atoms with Crippen molar-refractivity contribution in [1.82, 2.24) is 4.98 Å². The Morgan fingerprint density at radius 2 is 1.79 bits per heavy atom. The highest BCUT2D eigenvalue weighted by Gasteiger charge is 2.32. The van der Waals surface area contributed by atoms with E-state index in [-0.39, 0.29) is 30.4 Å². The van der Waals surface area contributed by atoms with E-state index in [1.807, 2.05) is 0 Å². The summed E-state index contributed by atoms with van der Waals surface area (Å²) in [7, 11) is 0. The molecule has 0 saturated heterocycles. The normalized spacial score (nSPS) is 13.2. The molecule has 2 aromatic rings. The number of pyridine rings is 1. The lowest BCUT2D eigenvalue weighted by atomic mass is 10.2. The van der Waals surface area contributed by atoms with Crippen molar-refractivity contribution in [2.24, 2.45) is 0 Å². The molecule has 0 atom stereocenters. The van der Waals surface area contributed by atoms with Crippen molar-refractivity contribution >= 4 is 23.2 Å². The molecular formula is C14H10N4O6. The lowest BCUT2D eigenvalue weighted by Gasteiger charge is -2.25. The van der Waals surface area contributed by atoms with Crippen LogP contribution >= 0.6 is 0 Å². The Morgan fingerprint density at radius 3 is 2.42 bits per heavy atom. The number of carbonyl (C=O) groups is 1. The zero-order valence-electron chi connectivity index (χ0n) is 12.1. The first-order chi connectivity index (χ1) is 11.5. The van der Waals surface area contributed by atoms with Crippen LogP contribution in [0.4, 0.5) is 17.3 Å². The number of hydrogen-bond acceptors (Lipinski definition) is 7. The second-order valence-corrected chi connectivity index (χ2v) is 4.94. The number of fused-ring (bicyclic) bond motifs is 1. The number of nitro groups is 2. The Bertz CT molecular complexity index is 836. The second-order valence-electron chi connectivity index (χ2n) is 4.94. The fourth-order valence-corrected chi connectivity index (χ4v) is 2.24. The van der Waals surface area contributed by atoms with Gasteiger partial charge in [0.1, 0.15) is 0 Å². The summed E-state index contributed by atoms with van der Waals surface area (Å²) in [5.41, 5.74) is 0.552. The molecule has 0 aliphatic carbocycles. The van der Waals surface area contributed by atoms with E-state index in [0.717, 1.165) is 0 Å². The Kier molecular flexibility index (Phi) is 3.78. The maximum absolute atomic E-state index is 12.1. The summed E-state index contributed by atoms with van der Waals surface area (Å²) in [6, 6.07) is 8.24. The van der Waals surface area contributed by atoms with Crippen LogP contribution in [0.25, 0.3) is 0 Å². The van der Waals surface area contributed by atoms with Crippen LogP contribution in [-0.2, 0) is 11.3 Å². The summed E-state index contributed by atoms with van der Waals surface area (Å²) in [6.07, 6.45) is 0. The van der Waals surface area contributed by atoms with E-state index < -0.39 is 21.6 Å². The van der Waals surface area contributed by atoms with Gasteiger partial charge in [0.25, 0.3) is 17.4 Å². The van der Waals surface area contributed by atoms with Crippen LogP contribution in [0.2, 0.25) is 0 Å². The molecule has 10 nitrogen and oxygen atoms in total. The van der Waals surface area contributed by atoms with E-state index in [1.165, 1.54) is 41.3 Å². The molecular weight excluding hydrogens is 320 g/mol. The summed E-state index contributed by atoms with van der Waals surface area (Å²) in [6.45, 7) is -0.138. The highest BCUT2D eigenvalue weighted by molar-refractivity contribution is 5.96. The van der Waals surface area contributed by atoms with E-state index in [2.05, 4.69) is 4.98 Å². The fourth-order valence-electron chi connectivity index (χ4n) is 2.24. The lowest BCUT2D eigenvalue weighted by molar-refractivity contribution is -0.389. The average molecular weight is 330 g/mol. The van der Waals surface area contributed by atoms with Gasteiger partial charge < -0.3 is 14.9 Å². The van der Waals surface area contributed by atoms with Crippen LogP contribution in [0.5, 0.6) is 5.75 Å². The number of non-ortho nitro benzene ring substituents is 1. The average Bonchev–Trinajstić information content (AvgIpc) is 2.57. The van der Waals surface area contributed by atoms with Gasteiger partial charge in [0, 0.05) is 18.2 Å². The molecule has 1 aromatic heterocycles. The maximum atomic E-state index is 12.1. The van der Waals surface area contributed by atoms with Gasteiger partial charge in [-0.15, -0.1) is 0 Å². The van der Waals surface area contributed by atoms with Crippen molar-refractivity contribution < 1.29 is 19.4 Å². The zero-order valence-corrected chi connectivity index (χ0v) is 12.1. The highest BCUT2D eigenvalue weighted by Crippen LogP contribution is 2.33. The number of aromatic nitrogens is 1. The minimum absolute atomic E-state index is 0.0544. The van der Waals surface area contributed by atoms with Crippen molar-refractivity contribution in [3.05, 3.63) is 62.2 Å². The van der Waals surface area contributed by atoms with Crippen LogP contribution in [0, 0.1) is 20.2 Å². The first-order valence-corrected chi connectivity index (χ1v) is 6.77. The third kappa shape index (κ3) is 2.84. The summed E-state index contributed by atoms with van der Waals surface area (Å²) in [5, 5.41) is 21.5. The molecule has 0 saturated carbocycles. The monoisotopic (exact) mass is 330 g/mol. The molecule has 1 aliphatic rings. The molecule has 1 aromatic carbocycles. The standard InChI is InChI=1S/C14H10N4O6/c19-13-8-24-11-5-6-12(18(22)23)15-14(11)16(13)7-9-1-3-10(4-2-9)17(20)21/h1-6H,7-8H2. The number of benzene rings is 1. The topological polar surface area (TPSA) is 129 Å². The molecule has 0 unspecified atom stereocenters. The maximum Gasteiger partial charge on any atom is 0.366 e. The third-order valence-electron chi connectivity index (χ3n) is 3.41. The lowest BCUT2D eigenvalue weighted by Crippen LogP contribution is -2.39. The Labute approximate surface area is 134 Å². The molecule has 0 N–H and O–H groups in total. The van der Waals surface area contributed by atoms with Crippen molar-refractivity contribution in [1.29, 1.82) is 0 Å². The van der Waals surface area contributed by atoms with Crippen LogP contribution in [-0.4, -0.2) is 27.3 Å². The first-order valence-electron chi connectivity index (χ1n) is 6.77. The molecule has 122 valence electrons. The number of nitro benzene ring substituents is 1. The number of nitrogens with zero attached hydrogens (tertiary/aromatic N) is 4. The molecule has 10 heteroatoms. The number of ether oxygens (including phenoxy) is 1. The smallest absolute Gasteiger partial charge is 0.366 e. The van der Waals surface area contributed by atoms with E-state index >= 15 is 0 Å². The van der Waals surface area contributed by atoms with Crippen molar-refractivity contribution in [3.8, 4) is 5.75 Å². The summed E-state index contributed by atoms with van der Waals surface area (Å²) in [5.74, 6) is -0.490. The van der Waals surface area contributed by atoms with Gasteiger partial charge in [-0.2, -0.15) is 0 Å². The van der Waals surface area contributed by atoms with Crippen molar-refractivity contribution in [2.75, 3.05) is 11.5 Å². The molecule has 24 heavy (non-hydrogen) atoms. The summed E-state index contributed by atoms with van der Waals surface area (Å²) in [4.78, 5) is 37.6. The molecule has 1 aliphatic heterocycles. The summed E-state index contributed by atoms with van der Waals surface area (Å²) < 4.78 is 5.22. The number of anilines is 1. The van der Waals surface area contributed by atoms with Gasteiger partial charge in [-0.3, -0.25) is 19.8 Å². The number of rotatable bonds is 4. The van der Waals surface area contributed by atoms with Gasteiger partial charge in [0.15, 0.2) is 12.4 Å². The van der Waals surface area contributed by atoms with Crippen molar-refractivity contribution in [3.63, 3.8) is 0 Å². The number of carbonyl (C=O) groups excluding carboxylic acids is 1. The van der Waals surface area contributed by atoms with Crippen LogP contribution in [0.1, 0.15) is 5.56 Å². The Hall–Kier alpha value is -3.56. The van der Waals surface area contributed by atoms with E-state index in [4.69, 9.17) is 4.74 Å². The van der Waals surface area contributed by atoms with E-state index in [9.17, 15) is 25.0 Å². The van der Waals surface area contributed by atoms with Gasteiger partial charge >= 0.3 is 5.82 Å². The van der Waals surface area contributed by atoms with Gasteiger partial charge in [-0.05, 0) is 21.5 Å². The largest absolute Gasteiger partial charge is 0.477 e. The van der Waals surface area contributed by atoms with Crippen LogP contribution in [0.15, 0.2) is 36.4 Å². The molecule has 0 bridgehead atoms. The molecule has 1 amide bonds. The van der Waals surface area contributed by atoms with Gasteiger partial charge in [-0.25, -0.2) is 0 Å². The van der Waals surface area contributed by atoms with Gasteiger partial charge in [0.05, 0.1) is 11.5 Å². The highest BCUT2D eigenvalue weighted by atomic mass is 16.6. The molecule has 3 rings (SSSR count). The minimum Gasteiger partial charge on any atom is -0.477 e. The second kappa shape index (κ2) is 5.91. The number of hydrogen-bond donors (Lipinski definition) is 0.